The van der Waals surface area contributed by atoms with Gasteiger partial charge in [-0.3, -0.25) is 14.7 Å². The van der Waals surface area contributed by atoms with Crippen LogP contribution in [0.15, 0.2) is 36.8 Å². The lowest BCUT2D eigenvalue weighted by Gasteiger charge is -2.25. The number of nitrogens with one attached hydrogen (secondary N) is 1. The summed E-state index contributed by atoms with van der Waals surface area (Å²) in [6.07, 6.45) is 9.28. The van der Waals surface area contributed by atoms with Crippen LogP contribution in [0.25, 0.3) is 16.8 Å². The van der Waals surface area contributed by atoms with Crippen molar-refractivity contribution in [2.75, 3.05) is 30.0 Å². The molecule has 0 spiro atoms. The van der Waals surface area contributed by atoms with Crippen molar-refractivity contribution in [2.45, 2.75) is 38.2 Å². The molecule has 5 heterocycles. The first-order valence-electron chi connectivity index (χ1n) is 11.5. The van der Waals surface area contributed by atoms with E-state index in [0.717, 1.165) is 53.8 Å². The maximum atomic E-state index is 12.8. The second-order valence-corrected chi connectivity index (χ2v) is 8.86. The number of carbonyl (C=O) groups is 2. The van der Waals surface area contributed by atoms with Gasteiger partial charge in [-0.15, -0.1) is 0 Å². The molecule has 1 N–H and O–H groups in total. The van der Waals surface area contributed by atoms with Crippen LogP contribution in [0.3, 0.4) is 0 Å². The topological polar surface area (TPSA) is 98.1 Å². The van der Waals surface area contributed by atoms with E-state index in [1.165, 1.54) is 0 Å². The van der Waals surface area contributed by atoms with Crippen molar-refractivity contribution < 1.29 is 19.1 Å². The summed E-state index contributed by atoms with van der Waals surface area (Å²) in [6.45, 7) is 1.82. The maximum absolute atomic E-state index is 12.8. The number of pyridine rings is 2. The van der Waals surface area contributed by atoms with Crippen molar-refractivity contribution in [3.8, 4) is 11.1 Å². The molecule has 33 heavy (non-hydrogen) atoms. The maximum Gasteiger partial charge on any atom is 0.414 e. The van der Waals surface area contributed by atoms with E-state index in [0.29, 0.717) is 32.0 Å². The zero-order valence-corrected chi connectivity index (χ0v) is 18.2. The van der Waals surface area contributed by atoms with Crippen LogP contribution in [0.2, 0.25) is 0 Å². The van der Waals surface area contributed by atoms with E-state index in [9.17, 15) is 9.59 Å². The third-order valence-electron chi connectivity index (χ3n) is 6.45. The molecule has 1 aliphatic carbocycles. The molecule has 0 bridgehead atoms. The first kappa shape index (κ1) is 20.2. The predicted octanol–water partition coefficient (Wildman–Crippen LogP) is 3.42. The molecule has 6 rings (SSSR count). The Morgan fingerprint density at radius 2 is 1.94 bits per heavy atom. The van der Waals surface area contributed by atoms with Gasteiger partial charge in [-0.2, -0.15) is 0 Å². The molecular weight excluding hydrogens is 422 g/mol. The van der Waals surface area contributed by atoms with Crippen molar-refractivity contribution >= 4 is 29.2 Å². The van der Waals surface area contributed by atoms with E-state index in [1.807, 2.05) is 41.2 Å². The summed E-state index contributed by atoms with van der Waals surface area (Å²) in [5.74, 6) is 0.719. The minimum atomic E-state index is -0.319. The molecule has 0 aromatic carbocycles. The minimum absolute atomic E-state index is 0.0363. The Hall–Kier alpha value is -3.46. The second-order valence-electron chi connectivity index (χ2n) is 8.86. The summed E-state index contributed by atoms with van der Waals surface area (Å²) in [6, 6.07) is 5.87. The summed E-state index contributed by atoms with van der Waals surface area (Å²) in [7, 11) is 0. The summed E-state index contributed by atoms with van der Waals surface area (Å²) in [5.41, 5.74) is 4.29. The lowest BCUT2D eigenvalue weighted by atomic mass is 10.1. The van der Waals surface area contributed by atoms with E-state index >= 15 is 0 Å². The average molecular weight is 447 g/mol. The van der Waals surface area contributed by atoms with Gasteiger partial charge in [0.25, 0.3) is 0 Å². The van der Waals surface area contributed by atoms with Gasteiger partial charge in [0.2, 0.25) is 5.91 Å². The standard InChI is InChI=1S/C24H25N5O4/c30-23(15-1-2-15)27-21-14-28-13-16(3-4-22(28)26-21)17-11-20-19(25-12-17)5-8-29(20)24(31)33-18-6-9-32-10-7-18/h3-4,11-15,18H,1-2,5-10H2,(H,27,30). The zero-order valence-electron chi connectivity index (χ0n) is 18.2. The van der Waals surface area contributed by atoms with Gasteiger partial charge < -0.3 is 19.2 Å². The Balaban J connectivity index is 1.23. The number of fused-ring (bicyclic) bond motifs is 2. The number of amides is 2. The fourth-order valence-corrected chi connectivity index (χ4v) is 4.39. The molecule has 0 unspecified atom stereocenters. The number of hydrogen-bond acceptors (Lipinski definition) is 6. The number of carbonyl (C=O) groups excluding carboxylic acids is 2. The lowest BCUT2D eigenvalue weighted by molar-refractivity contribution is -0.117. The number of aromatic nitrogens is 3. The number of rotatable bonds is 4. The molecule has 3 aromatic rings. The van der Waals surface area contributed by atoms with E-state index in [1.54, 1.807) is 4.90 Å². The molecule has 1 saturated carbocycles. The van der Waals surface area contributed by atoms with Crippen molar-refractivity contribution in [3.05, 3.63) is 42.5 Å². The van der Waals surface area contributed by atoms with Crippen LogP contribution in [0.5, 0.6) is 0 Å². The van der Waals surface area contributed by atoms with Gasteiger partial charge in [-0.25, -0.2) is 9.78 Å². The predicted molar refractivity (Wildman–Crippen MR) is 121 cm³/mol. The Labute approximate surface area is 190 Å². The third kappa shape index (κ3) is 4.04. The van der Waals surface area contributed by atoms with Crippen molar-refractivity contribution in [1.29, 1.82) is 0 Å². The van der Waals surface area contributed by atoms with Gasteiger partial charge in [0.15, 0.2) is 5.82 Å². The molecule has 9 nitrogen and oxygen atoms in total. The fraction of sp³-hybridized carbons (Fsp3) is 0.417. The van der Waals surface area contributed by atoms with Crippen LogP contribution in [0.1, 0.15) is 31.4 Å². The SMILES string of the molecule is O=C(Nc1cn2cc(-c3cnc4c(c3)N(C(=O)OC3CCOCC3)CC4)ccc2n1)C1CC1. The van der Waals surface area contributed by atoms with Gasteiger partial charge in [0.05, 0.1) is 30.8 Å². The smallest absolute Gasteiger partial charge is 0.414 e. The highest BCUT2D eigenvalue weighted by Gasteiger charge is 2.31. The van der Waals surface area contributed by atoms with Gasteiger partial charge in [-0.1, -0.05) is 0 Å². The van der Waals surface area contributed by atoms with Crippen LogP contribution >= 0.6 is 0 Å². The number of hydrogen-bond donors (Lipinski definition) is 1. The quantitative estimate of drug-likeness (QED) is 0.658. The molecular formula is C24H25N5O4. The molecule has 0 radical (unpaired) electrons. The van der Waals surface area contributed by atoms with E-state index in [-0.39, 0.29) is 24.0 Å². The summed E-state index contributed by atoms with van der Waals surface area (Å²) < 4.78 is 13.0. The van der Waals surface area contributed by atoms with Crippen LogP contribution in [0.4, 0.5) is 16.3 Å². The van der Waals surface area contributed by atoms with Gasteiger partial charge in [0.1, 0.15) is 11.8 Å². The van der Waals surface area contributed by atoms with E-state index in [2.05, 4.69) is 15.3 Å². The summed E-state index contributed by atoms with van der Waals surface area (Å²) in [5, 5.41) is 2.89. The zero-order chi connectivity index (χ0) is 22.4. The molecule has 2 fully saturated rings. The van der Waals surface area contributed by atoms with Crippen LogP contribution < -0.4 is 10.2 Å². The summed E-state index contributed by atoms with van der Waals surface area (Å²) in [4.78, 5) is 35.7. The van der Waals surface area contributed by atoms with Crippen molar-refractivity contribution in [3.63, 3.8) is 0 Å². The van der Waals surface area contributed by atoms with Crippen LogP contribution in [0, 0.1) is 5.92 Å². The monoisotopic (exact) mass is 447 g/mol. The molecule has 170 valence electrons. The number of anilines is 2. The average Bonchev–Trinajstić information content (AvgIpc) is 3.48. The molecule has 2 aliphatic heterocycles. The largest absolute Gasteiger partial charge is 0.446 e. The van der Waals surface area contributed by atoms with Crippen LogP contribution in [-0.2, 0) is 20.7 Å². The second kappa shape index (κ2) is 8.15. The Morgan fingerprint density at radius 3 is 2.76 bits per heavy atom. The van der Waals surface area contributed by atoms with Gasteiger partial charge in [0, 0.05) is 55.2 Å². The van der Waals surface area contributed by atoms with Crippen molar-refractivity contribution in [1.82, 2.24) is 14.4 Å². The number of ether oxygens (including phenoxy) is 2. The number of imidazole rings is 1. The van der Waals surface area contributed by atoms with E-state index < -0.39 is 0 Å². The normalized spacial score (nSPS) is 18.4. The Bertz CT molecular complexity index is 1230. The molecule has 9 heteroatoms. The van der Waals surface area contributed by atoms with Gasteiger partial charge in [-0.05, 0) is 31.0 Å². The lowest BCUT2D eigenvalue weighted by Crippen LogP contribution is -2.35. The molecule has 1 saturated heterocycles. The Morgan fingerprint density at radius 1 is 1.09 bits per heavy atom. The molecule has 3 aromatic heterocycles. The molecule has 0 atom stereocenters. The van der Waals surface area contributed by atoms with Crippen molar-refractivity contribution in [2.24, 2.45) is 5.92 Å². The highest BCUT2D eigenvalue weighted by atomic mass is 16.6. The molecule has 3 aliphatic rings. The third-order valence-corrected chi connectivity index (χ3v) is 6.45. The van der Waals surface area contributed by atoms with Gasteiger partial charge >= 0.3 is 6.09 Å². The van der Waals surface area contributed by atoms with E-state index in [4.69, 9.17) is 9.47 Å². The Kier molecular flexibility index (Phi) is 4.98. The fourth-order valence-electron chi connectivity index (χ4n) is 4.39. The minimum Gasteiger partial charge on any atom is -0.446 e. The highest BCUT2D eigenvalue weighted by molar-refractivity contribution is 5.93. The highest BCUT2D eigenvalue weighted by Crippen LogP contribution is 2.33. The van der Waals surface area contributed by atoms with Crippen LogP contribution in [-0.4, -0.2) is 52.2 Å². The molecule has 2 amide bonds. The first-order chi connectivity index (χ1) is 16.1. The summed E-state index contributed by atoms with van der Waals surface area (Å²) >= 11 is 0. The first-order valence-corrected chi connectivity index (χ1v) is 11.5. The number of nitrogens with zero attached hydrogens (tertiary/aromatic N) is 4.